The second-order valence-corrected chi connectivity index (χ2v) is 10.4. The zero-order valence-electron chi connectivity index (χ0n) is 17.5. The summed E-state index contributed by atoms with van der Waals surface area (Å²) in [5.41, 5.74) is 3.76. The highest BCUT2D eigenvalue weighted by atomic mass is 16.1. The second-order valence-electron chi connectivity index (χ2n) is 10.4. The van der Waals surface area contributed by atoms with Crippen LogP contribution < -0.4 is 10.2 Å². The van der Waals surface area contributed by atoms with Crippen LogP contribution in [0.3, 0.4) is 0 Å². The van der Waals surface area contributed by atoms with Gasteiger partial charge in [-0.2, -0.15) is 0 Å². The Kier molecular flexibility index (Phi) is 4.65. The molecule has 0 unspecified atom stereocenters. The van der Waals surface area contributed by atoms with Gasteiger partial charge in [-0.25, -0.2) is 0 Å². The fraction of sp³-hybridized carbons (Fsp3) is 0.708. The molecule has 1 amide bonds. The van der Waals surface area contributed by atoms with Crippen LogP contribution in [0.15, 0.2) is 18.2 Å². The number of benzene rings is 1. The smallest absolute Gasteiger partial charge is 0.224 e. The number of hydrogen-bond donors (Lipinski definition) is 1. The number of nitrogens with zero attached hydrogens (tertiary/aromatic N) is 2. The van der Waals surface area contributed by atoms with Crippen molar-refractivity contribution in [1.29, 1.82) is 0 Å². The normalized spacial score (nSPS) is 34.6. The van der Waals surface area contributed by atoms with E-state index in [1.54, 1.807) is 0 Å². The van der Waals surface area contributed by atoms with Gasteiger partial charge >= 0.3 is 0 Å². The monoisotopic (exact) mass is 381 g/mol. The first-order valence-electron chi connectivity index (χ1n) is 11.3. The molecule has 1 saturated heterocycles. The Morgan fingerprint density at radius 1 is 1.04 bits per heavy atom. The van der Waals surface area contributed by atoms with Crippen molar-refractivity contribution in [1.82, 2.24) is 4.90 Å². The molecule has 1 aromatic rings. The molecule has 4 heteroatoms. The molecule has 4 bridgehead atoms. The Labute approximate surface area is 169 Å². The van der Waals surface area contributed by atoms with Crippen molar-refractivity contribution in [3.05, 3.63) is 23.8 Å². The molecule has 5 fully saturated rings. The third-order valence-electron chi connectivity index (χ3n) is 8.05. The molecule has 152 valence electrons. The van der Waals surface area contributed by atoms with E-state index < -0.39 is 0 Å². The number of piperazine rings is 1. The number of nitrogens with one attached hydrogen (secondary N) is 1. The second kappa shape index (κ2) is 7.05. The lowest BCUT2D eigenvalue weighted by Crippen LogP contribution is -2.47. The maximum absolute atomic E-state index is 12.9. The van der Waals surface area contributed by atoms with Gasteiger partial charge in [0.05, 0.1) is 0 Å². The third kappa shape index (κ3) is 3.56. The number of amides is 1. The average Bonchev–Trinajstić information content (AvgIpc) is 2.62. The molecule has 0 radical (unpaired) electrons. The van der Waals surface area contributed by atoms with Crippen molar-refractivity contribution in [3.8, 4) is 0 Å². The number of likely N-dealkylation sites (N-methyl/N-ethyl adjacent to an activating group) is 1. The average molecular weight is 382 g/mol. The van der Waals surface area contributed by atoms with Crippen molar-refractivity contribution in [2.75, 3.05) is 43.4 Å². The lowest BCUT2D eigenvalue weighted by molar-refractivity contribution is -0.124. The van der Waals surface area contributed by atoms with Gasteiger partial charge in [0.15, 0.2) is 0 Å². The van der Waals surface area contributed by atoms with Gasteiger partial charge in [-0.3, -0.25) is 4.79 Å². The lowest BCUT2D eigenvalue weighted by atomic mass is 9.49. The van der Waals surface area contributed by atoms with Crippen molar-refractivity contribution in [2.24, 2.45) is 23.2 Å². The molecule has 28 heavy (non-hydrogen) atoms. The Bertz CT molecular complexity index is 715. The number of rotatable bonds is 4. The molecule has 6 rings (SSSR count). The van der Waals surface area contributed by atoms with Crippen LogP contribution >= 0.6 is 0 Å². The van der Waals surface area contributed by atoms with Gasteiger partial charge in [0.25, 0.3) is 0 Å². The molecule has 1 N–H and O–H groups in total. The number of anilines is 2. The first-order chi connectivity index (χ1) is 13.5. The molecule has 1 aliphatic heterocycles. The number of carbonyl (C=O) groups is 1. The van der Waals surface area contributed by atoms with Crippen molar-refractivity contribution in [3.63, 3.8) is 0 Å². The largest absolute Gasteiger partial charge is 0.369 e. The molecule has 0 atom stereocenters. The molecule has 5 aliphatic rings. The van der Waals surface area contributed by atoms with Gasteiger partial charge in [-0.1, -0.05) is 0 Å². The first kappa shape index (κ1) is 18.5. The summed E-state index contributed by atoms with van der Waals surface area (Å²) in [4.78, 5) is 17.8. The predicted octanol–water partition coefficient (Wildman–Crippen LogP) is 4.29. The summed E-state index contributed by atoms with van der Waals surface area (Å²) < 4.78 is 0. The Morgan fingerprint density at radius 2 is 1.64 bits per heavy atom. The van der Waals surface area contributed by atoms with Gasteiger partial charge in [-0.15, -0.1) is 0 Å². The predicted molar refractivity (Wildman–Crippen MR) is 115 cm³/mol. The zero-order chi connectivity index (χ0) is 19.3. The zero-order valence-corrected chi connectivity index (χ0v) is 17.5. The molecule has 0 spiro atoms. The van der Waals surface area contributed by atoms with Crippen molar-refractivity contribution < 1.29 is 4.79 Å². The SMILES string of the molecule is Cc1cc(N2CCN(C)CC2)ccc1NC(=O)CC12CC3CC(CC(C3)C1)C2. The summed E-state index contributed by atoms with van der Waals surface area (Å²) in [5.74, 6) is 2.95. The molecular formula is C24H35N3O. The third-order valence-corrected chi connectivity index (χ3v) is 8.05. The van der Waals surface area contributed by atoms with Gasteiger partial charge in [0.2, 0.25) is 5.91 Å². The highest BCUT2D eigenvalue weighted by Gasteiger charge is 2.51. The van der Waals surface area contributed by atoms with E-state index in [2.05, 4.69) is 47.3 Å². The van der Waals surface area contributed by atoms with Crippen LogP contribution in [0.5, 0.6) is 0 Å². The van der Waals surface area contributed by atoms with E-state index in [0.29, 0.717) is 5.41 Å². The van der Waals surface area contributed by atoms with E-state index in [1.165, 1.54) is 49.8 Å². The molecule has 4 nitrogen and oxygen atoms in total. The Hall–Kier alpha value is -1.55. The first-order valence-corrected chi connectivity index (χ1v) is 11.3. The van der Waals surface area contributed by atoms with Gasteiger partial charge in [-0.05, 0) is 99.4 Å². The topological polar surface area (TPSA) is 35.6 Å². The molecule has 1 heterocycles. The summed E-state index contributed by atoms with van der Waals surface area (Å²) in [7, 11) is 2.19. The van der Waals surface area contributed by atoms with Crippen LogP contribution in [0.1, 0.15) is 50.5 Å². The minimum absolute atomic E-state index is 0.234. The number of hydrogen-bond acceptors (Lipinski definition) is 3. The maximum atomic E-state index is 12.9. The summed E-state index contributed by atoms with van der Waals surface area (Å²) in [5, 5.41) is 3.26. The van der Waals surface area contributed by atoms with Crippen LogP contribution in [-0.2, 0) is 4.79 Å². The standard InChI is InChI=1S/C24H35N3O/c1-17-9-21(27-7-5-26(2)6-8-27)3-4-22(17)25-23(28)16-24-13-18-10-19(14-24)12-20(11-18)15-24/h3-4,9,18-20H,5-8,10-16H2,1-2H3,(H,25,28). The lowest BCUT2D eigenvalue weighted by Gasteiger charge is -2.56. The van der Waals surface area contributed by atoms with Crippen LogP contribution in [0.4, 0.5) is 11.4 Å². The minimum Gasteiger partial charge on any atom is -0.369 e. The van der Waals surface area contributed by atoms with E-state index in [-0.39, 0.29) is 5.91 Å². The highest BCUT2D eigenvalue weighted by Crippen LogP contribution is 2.61. The summed E-state index contributed by atoms with van der Waals surface area (Å²) in [6.45, 7) is 6.51. The van der Waals surface area contributed by atoms with E-state index in [4.69, 9.17) is 0 Å². The molecule has 1 aromatic carbocycles. The Balaban J connectivity index is 1.23. The fourth-order valence-electron chi connectivity index (χ4n) is 7.09. The minimum atomic E-state index is 0.234. The van der Waals surface area contributed by atoms with E-state index in [9.17, 15) is 4.79 Å². The van der Waals surface area contributed by atoms with E-state index in [1.807, 2.05) is 0 Å². The summed E-state index contributed by atoms with van der Waals surface area (Å²) in [6.07, 6.45) is 8.95. The Morgan fingerprint density at radius 3 is 2.21 bits per heavy atom. The van der Waals surface area contributed by atoms with Gasteiger partial charge in [0.1, 0.15) is 0 Å². The van der Waals surface area contributed by atoms with Crippen LogP contribution in [-0.4, -0.2) is 44.0 Å². The maximum Gasteiger partial charge on any atom is 0.224 e. The van der Waals surface area contributed by atoms with Gasteiger partial charge in [0, 0.05) is 44.0 Å². The van der Waals surface area contributed by atoms with Gasteiger partial charge < -0.3 is 15.1 Å². The number of aryl methyl sites for hydroxylation is 1. The highest BCUT2D eigenvalue weighted by molar-refractivity contribution is 5.92. The molecular weight excluding hydrogens is 346 g/mol. The summed E-state index contributed by atoms with van der Waals surface area (Å²) in [6, 6.07) is 6.53. The van der Waals surface area contributed by atoms with E-state index >= 15 is 0 Å². The van der Waals surface area contributed by atoms with Crippen LogP contribution in [0.2, 0.25) is 0 Å². The fourth-order valence-corrected chi connectivity index (χ4v) is 7.09. The van der Waals surface area contributed by atoms with Crippen LogP contribution in [0, 0.1) is 30.1 Å². The molecule has 0 aromatic heterocycles. The van der Waals surface area contributed by atoms with Crippen molar-refractivity contribution >= 4 is 17.3 Å². The molecule has 4 aliphatic carbocycles. The van der Waals surface area contributed by atoms with E-state index in [0.717, 1.165) is 56.0 Å². The number of carbonyl (C=O) groups excluding carboxylic acids is 1. The molecule has 4 saturated carbocycles. The van der Waals surface area contributed by atoms with Crippen LogP contribution in [0.25, 0.3) is 0 Å². The van der Waals surface area contributed by atoms with Crippen molar-refractivity contribution in [2.45, 2.75) is 51.9 Å². The summed E-state index contributed by atoms with van der Waals surface area (Å²) >= 11 is 0. The quantitative estimate of drug-likeness (QED) is 0.845.